The first kappa shape index (κ1) is 13.0. The number of hydrogen-bond donors (Lipinski definition) is 1. The van der Waals surface area contributed by atoms with E-state index in [9.17, 15) is 4.39 Å². The number of para-hydroxylation sites is 1. The van der Waals surface area contributed by atoms with Gasteiger partial charge >= 0.3 is 0 Å². The molecule has 1 heterocycles. The zero-order valence-corrected chi connectivity index (χ0v) is 11.3. The second-order valence-corrected chi connectivity index (χ2v) is 5.00. The molecule has 0 bridgehead atoms. The first-order chi connectivity index (χ1) is 8.67. The van der Waals surface area contributed by atoms with Crippen molar-refractivity contribution >= 4 is 22.2 Å². The Bertz CT molecular complexity index is 517. The molecule has 0 saturated carbocycles. The van der Waals surface area contributed by atoms with Crippen molar-refractivity contribution < 1.29 is 4.39 Å². The van der Waals surface area contributed by atoms with Gasteiger partial charge in [-0.15, -0.1) is 0 Å². The molecule has 0 aliphatic heterocycles. The molecule has 1 aromatic heterocycles. The van der Waals surface area contributed by atoms with E-state index in [2.05, 4.69) is 4.98 Å². The lowest BCUT2D eigenvalue weighted by molar-refractivity contribution is 0.627. The van der Waals surface area contributed by atoms with Gasteiger partial charge < -0.3 is 10.6 Å². The summed E-state index contributed by atoms with van der Waals surface area (Å²) in [5.41, 5.74) is 7.21. The average Bonchev–Trinajstić information content (AvgIpc) is 2.81. The van der Waals surface area contributed by atoms with Crippen molar-refractivity contribution in [2.45, 2.75) is 19.9 Å². The van der Waals surface area contributed by atoms with Crippen LogP contribution in [0.3, 0.4) is 0 Å². The number of aromatic nitrogens is 1. The van der Waals surface area contributed by atoms with Crippen molar-refractivity contribution in [1.82, 2.24) is 4.98 Å². The molecule has 0 spiro atoms. The molecule has 1 aromatic carbocycles. The fourth-order valence-electron chi connectivity index (χ4n) is 1.78. The van der Waals surface area contributed by atoms with E-state index < -0.39 is 0 Å². The van der Waals surface area contributed by atoms with Crippen molar-refractivity contribution in [3.05, 3.63) is 40.7 Å². The Morgan fingerprint density at radius 1 is 1.39 bits per heavy atom. The van der Waals surface area contributed by atoms with Crippen LogP contribution in [0, 0.1) is 5.82 Å². The Hall–Kier alpha value is -1.46. The molecular formula is C13H16FN3S. The lowest BCUT2D eigenvalue weighted by Crippen LogP contribution is -2.10. The van der Waals surface area contributed by atoms with E-state index in [4.69, 9.17) is 5.73 Å². The van der Waals surface area contributed by atoms with Gasteiger partial charge in [0.05, 0.1) is 11.4 Å². The molecular weight excluding hydrogens is 249 g/mol. The van der Waals surface area contributed by atoms with E-state index in [-0.39, 0.29) is 5.82 Å². The van der Waals surface area contributed by atoms with E-state index in [0.29, 0.717) is 12.2 Å². The Morgan fingerprint density at radius 3 is 2.67 bits per heavy atom. The Kier molecular flexibility index (Phi) is 3.93. The zero-order chi connectivity index (χ0) is 13.1. The average molecular weight is 265 g/mol. The van der Waals surface area contributed by atoms with Crippen molar-refractivity contribution in [3.8, 4) is 0 Å². The standard InChI is InChI=1S/C13H16FN3S/c1-3-10-12(8-15)18-13(16-10)17(2)11-7-5-4-6-9(11)14/h4-7H,3,8,15H2,1-2H3. The summed E-state index contributed by atoms with van der Waals surface area (Å²) < 4.78 is 13.7. The van der Waals surface area contributed by atoms with Gasteiger partial charge in [-0.05, 0) is 18.6 Å². The van der Waals surface area contributed by atoms with Gasteiger partial charge in [-0.3, -0.25) is 0 Å². The SMILES string of the molecule is CCc1nc(N(C)c2ccccc2F)sc1CN. The van der Waals surface area contributed by atoms with Crippen LogP contribution in [0.2, 0.25) is 0 Å². The molecule has 2 N–H and O–H groups in total. The molecule has 0 fully saturated rings. The smallest absolute Gasteiger partial charge is 0.190 e. The summed E-state index contributed by atoms with van der Waals surface area (Å²) in [6, 6.07) is 6.68. The largest absolute Gasteiger partial charge is 0.326 e. The van der Waals surface area contributed by atoms with Crippen molar-refractivity contribution in [2.24, 2.45) is 5.73 Å². The predicted molar refractivity (Wildman–Crippen MR) is 73.8 cm³/mol. The maximum atomic E-state index is 13.7. The molecule has 2 aromatic rings. The summed E-state index contributed by atoms with van der Waals surface area (Å²) in [6.07, 6.45) is 0.841. The molecule has 2 rings (SSSR count). The van der Waals surface area contributed by atoms with Gasteiger partial charge in [-0.2, -0.15) is 0 Å². The number of nitrogens with zero attached hydrogens (tertiary/aromatic N) is 2. The monoisotopic (exact) mass is 265 g/mol. The number of benzene rings is 1. The first-order valence-electron chi connectivity index (χ1n) is 5.84. The maximum Gasteiger partial charge on any atom is 0.190 e. The molecule has 5 heteroatoms. The minimum Gasteiger partial charge on any atom is -0.326 e. The van der Waals surface area contributed by atoms with Gasteiger partial charge in [0, 0.05) is 18.5 Å². The summed E-state index contributed by atoms with van der Waals surface area (Å²) in [7, 11) is 1.82. The lowest BCUT2D eigenvalue weighted by Gasteiger charge is -2.16. The molecule has 0 aliphatic rings. The summed E-state index contributed by atoms with van der Waals surface area (Å²) in [5, 5.41) is 0.775. The van der Waals surface area contributed by atoms with Crippen LogP contribution < -0.4 is 10.6 Å². The van der Waals surface area contributed by atoms with Crippen LogP contribution in [0.5, 0.6) is 0 Å². The van der Waals surface area contributed by atoms with Crippen molar-refractivity contribution in [1.29, 1.82) is 0 Å². The normalized spacial score (nSPS) is 10.7. The van der Waals surface area contributed by atoms with Gasteiger partial charge in [0.1, 0.15) is 5.82 Å². The van der Waals surface area contributed by atoms with Crippen LogP contribution >= 0.6 is 11.3 Å². The van der Waals surface area contributed by atoms with Crippen LogP contribution in [0.25, 0.3) is 0 Å². The number of thiazole rings is 1. The van der Waals surface area contributed by atoms with Crippen molar-refractivity contribution in [3.63, 3.8) is 0 Å². The van der Waals surface area contributed by atoms with E-state index in [1.807, 2.05) is 20.0 Å². The number of aryl methyl sites for hydroxylation is 1. The van der Waals surface area contributed by atoms with Gasteiger partial charge in [-0.25, -0.2) is 9.37 Å². The summed E-state index contributed by atoms with van der Waals surface area (Å²) >= 11 is 1.52. The highest BCUT2D eigenvalue weighted by Crippen LogP contribution is 2.31. The summed E-state index contributed by atoms with van der Waals surface area (Å²) in [6.45, 7) is 2.52. The molecule has 0 aliphatic carbocycles. The van der Waals surface area contributed by atoms with Crippen LogP contribution in [0.1, 0.15) is 17.5 Å². The second kappa shape index (κ2) is 5.46. The highest BCUT2D eigenvalue weighted by atomic mass is 32.1. The topological polar surface area (TPSA) is 42.2 Å². The number of halogens is 1. The van der Waals surface area contributed by atoms with Crippen LogP contribution in [-0.2, 0) is 13.0 Å². The van der Waals surface area contributed by atoms with E-state index in [1.165, 1.54) is 17.4 Å². The lowest BCUT2D eigenvalue weighted by atomic mass is 10.3. The number of nitrogens with two attached hydrogens (primary N) is 1. The molecule has 3 nitrogen and oxygen atoms in total. The first-order valence-corrected chi connectivity index (χ1v) is 6.66. The summed E-state index contributed by atoms with van der Waals surface area (Å²) in [4.78, 5) is 7.34. The highest BCUT2D eigenvalue weighted by molar-refractivity contribution is 7.15. The second-order valence-electron chi connectivity index (χ2n) is 3.93. The number of anilines is 2. The minimum absolute atomic E-state index is 0.248. The van der Waals surface area contributed by atoms with Gasteiger partial charge in [-0.1, -0.05) is 30.4 Å². The third-order valence-electron chi connectivity index (χ3n) is 2.79. The Balaban J connectivity index is 2.37. The fraction of sp³-hybridized carbons (Fsp3) is 0.308. The van der Waals surface area contributed by atoms with E-state index in [1.54, 1.807) is 17.0 Å². The molecule has 0 saturated heterocycles. The molecule has 0 atom stereocenters. The Morgan fingerprint density at radius 2 is 2.11 bits per heavy atom. The van der Waals surface area contributed by atoms with Crippen LogP contribution in [0.4, 0.5) is 15.2 Å². The van der Waals surface area contributed by atoms with Gasteiger partial charge in [0.2, 0.25) is 0 Å². The van der Waals surface area contributed by atoms with Crippen molar-refractivity contribution in [2.75, 3.05) is 11.9 Å². The molecule has 18 heavy (non-hydrogen) atoms. The van der Waals surface area contributed by atoms with Gasteiger partial charge in [0.15, 0.2) is 5.13 Å². The number of hydrogen-bond acceptors (Lipinski definition) is 4. The fourth-order valence-corrected chi connectivity index (χ4v) is 2.78. The van der Waals surface area contributed by atoms with E-state index >= 15 is 0 Å². The number of rotatable bonds is 4. The Labute approximate surface area is 110 Å². The summed E-state index contributed by atoms with van der Waals surface area (Å²) in [5.74, 6) is -0.248. The third-order valence-corrected chi connectivity index (χ3v) is 3.98. The van der Waals surface area contributed by atoms with Crippen LogP contribution in [-0.4, -0.2) is 12.0 Å². The molecule has 0 radical (unpaired) electrons. The maximum absolute atomic E-state index is 13.7. The molecule has 0 amide bonds. The van der Waals surface area contributed by atoms with Crippen LogP contribution in [0.15, 0.2) is 24.3 Å². The van der Waals surface area contributed by atoms with E-state index in [0.717, 1.165) is 22.1 Å². The minimum atomic E-state index is -0.248. The predicted octanol–water partition coefficient (Wildman–Crippen LogP) is 3.07. The molecule has 96 valence electrons. The zero-order valence-electron chi connectivity index (χ0n) is 10.5. The third kappa shape index (κ3) is 2.37. The van der Waals surface area contributed by atoms with Gasteiger partial charge in [0.25, 0.3) is 0 Å². The molecule has 0 unspecified atom stereocenters. The highest BCUT2D eigenvalue weighted by Gasteiger charge is 2.15. The quantitative estimate of drug-likeness (QED) is 0.923.